The molecule has 2 N–H and O–H groups in total. The molecule has 3 nitrogen and oxygen atoms in total. The zero-order chi connectivity index (χ0) is 11.3. The molecule has 0 saturated heterocycles. The molecule has 1 aromatic carbocycles. The zero-order valence-electron chi connectivity index (χ0n) is 9.16. The van der Waals surface area contributed by atoms with Gasteiger partial charge in [0.1, 0.15) is 0 Å². The van der Waals surface area contributed by atoms with E-state index in [1.165, 1.54) is 0 Å². The first-order valence-corrected chi connectivity index (χ1v) is 5.01. The fraction of sp³-hybridized carbons (Fsp3) is 0.417. The maximum Gasteiger partial charge on any atom is 0.261 e. The number of hydrogen-bond acceptors (Lipinski definition) is 2. The number of amides is 1. The molecular formula is C12H15NO2. The number of nitrogens with one attached hydrogen (secondary N) is 1. The molecule has 1 aliphatic rings. The molecule has 0 bridgehead atoms. The first-order chi connectivity index (χ1) is 6.87. The Morgan fingerprint density at radius 1 is 1.27 bits per heavy atom. The van der Waals surface area contributed by atoms with Crippen LogP contribution in [0.15, 0.2) is 24.3 Å². The third-order valence-corrected chi connectivity index (χ3v) is 2.98. The molecule has 0 fully saturated rings. The Morgan fingerprint density at radius 3 is 2.47 bits per heavy atom. The Bertz CT molecular complexity index is 420. The maximum atomic E-state index is 11.8. The Morgan fingerprint density at radius 2 is 1.87 bits per heavy atom. The fourth-order valence-corrected chi connectivity index (χ4v) is 1.99. The standard InChI is InChI=1S/C12H15NO2/c1-11(2,3)12(15)8-6-4-5-7-9(8)13-10(12)14/h4-7,15H,1-3H3,(H,13,14). The van der Waals surface area contributed by atoms with E-state index >= 15 is 0 Å². The van der Waals surface area contributed by atoms with E-state index < -0.39 is 11.0 Å². The van der Waals surface area contributed by atoms with Crippen molar-refractivity contribution in [3.63, 3.8) is 0 Å². The van der Waals surface area contributed by atoms with Crippen LogP contribution in [0.2, 0.25) is 0 Å². The number of benzene rings is 1. The van der Waals surface area contributed by atoms with Gasteiger partial charge in [-0.1, -0.05) is 39.0 Å². The maximum absolute atomic E-state index is 11.8. The molecule has 1 amide bonds. The van der Waals surface area contributed by atoms with Crippen LogP contribution in [0.5, 0.6) is 0 Å². The van der Waals surface area contributed by atoms with Gasteiger partial charge in [0.25, 0.3) is 5.91 Å². The van der Waals surface area contributed by atoms with Gasteiger partial charge in [-0.2, -0.15) is 0 Å². The highest BCUT2D eigenvalue weighted by atomic mass is 16.3. The second-order valence-corrected chi connectivity index (χ2v) is 4.96. The van der Waals surface area contributed by atoms with Crippen LogP contribution in [0, 0.1) is 5.41 Å². The van der Waals surface area contributed by atoms with Gasteiger partial charge in [0, 0.05) is 16.7 Å². The van der Waals surface area contributed by atoms with Crippen LogP contribution in [0.3, 0.4) is 0 Å². The average molecular weight is 205 g/mol. The van der Waals surface area contributed by atoms with Gasteiger partial charge in [-0.15, -0.1) is 0 Å². The monoisotopic (exact) mass is 205 g/mol. The zero-order valence-corrected chi connectivity index (χ0v) is 9.16. The number of anilines is 1. The van der Waals surface area contributed by atoms with Gasteiger partial charge in [-0.05, 0) is 6.07 Å². The molecule has 15 heavy (non-hydrogen) atoms. The predicted octanol–water partition coefficient (Wildman–Crippen LogP) is 1.87. The number of carbonyl (C=O) groups is 1. The van der Waals surface area contributed by atoms with Crippen LogP contribution < -0.4 is 5.32 Å². The summed E-state index contributed by atoms with van der Waals surface area (Å²) < 4.78 is 0. The molecule has 1 atom stereocenters. The van der Waals surface area contributed by atoms with Crippen molar-refractivity contribution in [1.29, 1.82) is 0 Å². The highest BCUT2D eigenvalue weighted by molar-refractivity contribution is 6.05. The van der Waals surface area contributed by atoms with E-state index in [9.17, 15) is 9.90 Å². The van der Waals surface area contributed by atoms with Crippen molar-refractivity contribution in [3.05, 3.63) is 29.8 Å². The van der Waals surface area contributed by atoms with Crippen LogP contribution in [0.4, 0.5) is 5.69 Å². The molecule has 80 valence electrons. The highest BCUT2D eigenvalue weighted by Crippen LogP contribution is 2.46. The van der Waals surface area contributed by atoms with Crippen LogP contribution >= 0.6 is 0 Å². The third-order valence-electron chi connectivity index (χ3n) is 2.98. The molecule has 0 spiro atoms. The number of rotatable bonds is 0. The minimum Gasteiger partial charge on any atom is -0.375 e. The summed E-state index contributed by atoms with van der Waals surface area (Å²) in [7, 11) is 0. The van der Waals surface area contributed by atoms with Gasteiger partial charge < -0.3 is 10.4 Å². The van der Waals surface area contributed by atoms with E-state index in [4.69, 9.17) is 0 Å². The Labute approximate surface area is 89.1 Å². The lowest BCUT2D eigenvalue weighted by atomic mass is 9.73. The summed E-state index contributed by atoms with van der Waals surface area (Å²) in [5.41, 5.74) is -0.574. The minimum atomic E-state index is -1.43. The summed E-state index contributed by atoms with van der Waals surface area (Å²) in [6.07, 6.45) is 0. The van der Waals surface area contributed by atoms with Crippen molar-refractivity contribution in [2.75, 3.05) is 5.32 Å². The second kappa shape index (κ2) is 2.83. The Kier molecular flexibility index (Phi) is 1.92. The Balaban J connectivity index is 2.65. The van der Waals surface area contributed by atoms with Gasteiger partial charge >= 0.3 is 0 Å². The first kappa shape index (κ1) is 10.2. The molecule has 1 heterocycles. The summed E-state index contributed by atoms with van der Waals surface area (Å²) in [6, 6.07) is 7.26. The number of aliphatic hydroxyl groups is 1. The van der Waals surface area contributed by atoms with Crippen LogP contribution in [0.25, 0.3) is 0 Å². The minimum absolute atomic E-state index is 0.337. The molecule has 0 radical (unpaired) electrons. The summed E-state index contributed by atoms with van der Waals surface area (Å²) in [5.74, 6) is -0.337. The van der Waals surface area contributed by atoms with Gasteiger partial charge in [-0.25, -0.2) is 0 Å². The van der Waals surface area contributed by atoms with Crippen molar-refractivity contribution in [1.82, 2.24) is 0 Å². The van der Waals surface area contributed by atoms with E-state index in [1.807, 2.05) is 32.9 Å². The summed E-state index contributed by atoms with van der Waals surface area (Å²) >= 11 is 0. The van der Waals surface area contributed by atoms with E-state index in [-0.39, 0.29) is 5.91 Å². The van der Waals surface area contributed by atoms with E-state index in [2.05, 4.69) is 5.32 Å². The van der Waals surface area contributed by atoms with E-state index in [0.29, 0.717) is 11.3 Å². The summed E-state index contributed by atoms with van der Waals surface area (Å²) in [4.78, 5) is 11.8. The predicted molar refractivity (Wildman–Crippen MR) is 58.4 cm³/mol. The van der Waals surface area contributed by atoms with Crippen molar-refractivity contribution < 1.29 is 9.90 Å². The normalized spacial score (nSPS) is 24.9. The second-order valence-electron chi connectivity index (χ2n) is 4.96. The summed E-state index contributed by atoms with van der Waals surface area (Å²) in [5, 5.41) is 13.2. The highest BCUT2D eigenvalue weighted by Gasteiger charge is 2.53. The molecule has 0 saturated carbocycles. The molecule has 3 heteroatoms. The van der Waals surface area contributed by atoms with Crippen LogP contribution in [-0.2, 0) is 10.4 Å². The number of para-hydroxylation sites is 1. The number of carbonyl (C=O) groups excluding carboxylic acids is 1. The lowest BCUT2D eigenvalue weighted by Gasteiger charge is -2.34. The average Bonchev–Trinajstić information content (AvgIpc) is 2.40. The van der Waals surface area contributed by atoms with Crippen LogP contribution in [-0.4, -0.2) is 11.0 Å². The molecule has 2 rings (SSSR count). The molecule has 0 aliphatic carbocycles. The van der Waals surface area contributed by atoms with Crippen molar-refractivity contribution in [3.8, 4) is 0 Å². The molecule has 1 aromatic rings. The lowest BCUT2D eigenvalue weighted by Crippen LogP contribution is -2.45. The largest absolute Gasteiger partial charge is 0.375 e. The molecule has 1 unspecified atom stereocenters. The van der Waals surface area contributed by atoms with Gasteiger partial charge in [0.15, 0.2) is 5.60 Å². The Hall–Kier alpha value is -1.35. The first-order valence-electron chi connectivity index (χ1n) is 5.01. The van der Waals surface area contributed by atoms with Gasteiger partial charge in [-0.3, -0.25) is 4.79 Å². The van der Waals surface area contributed by atoms with E-state index in [1.54, 1.807) is 12.1 Å². The van der Waals surface area contributed by atoms with Crippen molar-refractivity contribution in [2.45, 2.75) is 26.4 Å². The third kappa shape index (κ3) is 1.20. The van der Waals surface area contributed by atoms with Crippen molar-refractivity contribution >= 4 is 11.6 Å². The molecule has 0 aromatic heterocycles. The fourth-order valence-electron chi connectivity index (χ4n) is 1.99. The number of fused-ring (bicyclic) bond motifs is 1. The SMILES string of the molecule is CC(C)(C)C1(O)C(=O)Nc2ccccc21. The van der Waals surface area contributed by atoms with Gasteiger partial charge in [0.2, 0.25) is 0 Å². The van der Waals surface area contributed by atoms with Crippen LogP contribution in [0.1, 0.15) is 26.3 Å². The number of hydrogen-bond donors (Lipinski definition) is 2. The molecular weight excluding hydrogens is 190 g/mol. The van der Waals surface area contributed by atoms with Gasteiger partial charge in [0.05, 0.1) is 0 Å². The topological polar surface area (TPSA) is 49.3 Å². The van der Waals surface area contributed by atoms with E-state index in [0.717, 1.165) is 0 Å². The van der Waals surface area contributed by atoms with Crippen molar-refractivity contribution in [2.24, 2.45) is 5.41 Å². The molecule has 1 aliphatic heterocycles. The lowest BCUT2D eigenvalue weighted by molar-refractivity contribution is -0.146. The summed E-state index contributed by atoms with van der Waals surface area (Å²) in [6.45, 7) is 5.57. The quantitative estimate of drug-likeness (QED) is 0.679. The smallest absolute Gasteiger partial charge is 0.261 e.